The zero-order valence-corrected chi connectivity index (χ0v) is 21.0. The second-order valence-corrected chi connectivity index (χ2v) is 11.0. The number of nitrogen functional groups attached to an aromatic ring is 2. The molecule has 190 valence electrons. The van der Waals surface area contributed by atoms with Gasteiger partial charge >= 0.3 is 5.97 Å². The molecule has 0 bridgehead atoms. The maximum Gasteiger partial charge on any atom is 0.343 e. The Labute approximate surface area is 217 Å². The Morgan fingerprint density at radius 2 is 1.59 bits per heavy atom. The number of anilines is 2. The van der Waals surface area contributed by atoms with Crippen LogP contribution in [0.1, 0.15) is 66.4 Å². The highest BCUT2D eigenvalue weighted by atomic mass is 16.5. The molecule has 0 radical (unpaired) electrons. The molecule has 0 saturated heterocycles. The number of fused-ring (bicyclic) bond motifs is 5. The van der Waals surface area contributed by atoms with Crippen molar-refractivity contribution in [1.29, 1.82) is 0 Å². The molecule has 0 aliphatic heterocycles. The predicted octanol–water partition coefficient (Wildman–Crippen LogP) is 6.29. The molecule has 3 aliphatic rings. The Hall–Kier alpha value is -3.80. The summed E-state index contributed by atoms with van der Waals surface area (Å²) in [6, 6.07) is 17.9. The number of esters is 1. The number of rotatable bonds is 4. The summed E-state index contributed by atoms with van der Waals surface area (Å²) in [7, 11) is 0. The van der Waals surface area contributed by atoms with Crippen molar-refractivity contribution < 1.29 is 19.1 Å². The van der Waals surface area contributed by atoms with Crippen LogP contribution in [0.3, 0.4) is 0 Å². The summed E-state index contributed by atoms with van der Waals surface area (Å²) < 4.78 is 11.5. The van der Waals surface area contributed by atoms with Gasteiger partial charge in [-0.15, -0.1) is 0 Å². The van der Waals surface area contributed by atoms with Gasteiger partial charge in [0.15, 0.2) is 0 Å². The van der Waals surface area contributed by atoms with E-state index in [-0.39, 0.29) is 5.41 Å². The Balaban J connectivity index is 1.13. The standard InChI is InChI=1S/C31H32N2O4/c1-31-13-12-26-25-9-7-23(14-19(25)4-8-27(26)28(31)10-11-29(31)34)37-30(35)18-2-5-22(6-3-18)36-24-16-20(32)15-21(33)17-24/h2-3,5-7,9,14-17,26-28H,4,8,10-13,32-33H2,1H3. The Bertz CT molecular complexity index is 1360. The van der Waals surface area contributed by atoms with Gasteiger partial charge in [-0.05, 0) is 103 Å². The van der Waals surface area contributed by atoms with E-state index in [1.165, 1.54) is 11.1 Å². The summed E-state index contributed by atoms with van der Waals surface area (Å²) >= 11 is 0. The van der Waals surface area contributed by atoms with Gasteiger partial charge in [-0.1, -0.05) is 13.0 Å². The molecule has 6 rings (SSSR count). The highest BCUT2D eigenvalue weighted by Crippen LogP contribution is 2.59. The number of hydrogen-bond acceptors (Lipinski definition) is 6. The van der Waals surface area contributed by atoms with Crippen LogP contribution in [0.2, 0.25) is 0 Å². The van der Waals surface area contributed by atoms with Gasteiger partial charge in [-0.25, -0.2) is 4.79 Å². The van der Waals surface area contributed by atoms with Gasteiger partial charge in [0.25, 0.3) is 0 Å². The largest absolute Gasteiger partial charge is 0.457 e. The number of hydrogen-bond donors (Lipinski definition) is 2. The zero-order valence-electron chi connectivity index (χ0n) is 21.0. The lowest BCUT2D eigenvalue weighted by Crippen LogP contribution is -2.42. The van der Waals surface area contributed by atoms with Crippen LogP contribution in [0.5, 0.6) is 17.2 Å². The number of carbonyl (C=O) groups is 2. The van der Waals surface area contributed by atoms with Crippen molar-refractivity contribution in [2.45, 2.75) is 51.4 Å². The molecule has 3 aromatic carbocycles. The van der Waals surface area contributed by atoms with Gasteiger partial charge in [0, 0.05) is 35.3 Å². The molecular formula is C31H32N2O4. The van der Waals surface area contributed by atoms with E-state index in [1.54, 1.807) is 42.5 Å². The average molecular weight is 497 g/mol. The van der Waals surface area contributed by atoms with Gasteiger partial charge < -0.3 is 20.9 Å². The highest BCUT2D eigenvalue weighted by Gasteiger charge is 2.54. The van der Waals surface area contributed by atoms with E-state index in [0.717, 1.165) is 38.5 Å². The van der Waals surface area contributed by atoms with Crippen molar-refractivity contribution in [3.05, 3.63) is 77.4 Å². The molecule has 4 unspecified atom stereocenters. The van der Waals surface area contributed by atoms with Gasteiger partial charge in [-0.3, -0.25) is 4.79 Å². The highest BCUT2D eigenvalue weighted by molar-refractivity contribution is 5.91. The van der Waals surface area contributed by atoms with Crippen LogP contribution in [0.15, 0.2) is 60.7 Å². The van der Waals surface area contributed by atoms with Crippen molar-refractivity contribution >= 4 is 23.1 Å². The van der Waals surface area contributed by atoms with Crippen LogP contribution >= 0.6 is 0 Å². The Morgan fingerprint density at radius 3 is 2.35 bits per heavy atom. The zero-order chi connectivity index (χ0) is 25.7. The van der Waals surface area contributed by atoms with Crippen molar-refractivity contribution in [3.63, 3.8) is 0 Å². The van der Waals surface area contributed by atoms with Crippen LogP contribution in [-0.2, 0) is 11.2 Å². The lowest BCUT2D eigenvalue weighted by atomic mass is 9.55. The fraction of sp³-hybridized carbons (Fsp3) is 0.355. The summed E-state index contributed by atoms with van der Waals surface area (Å²) in [5.74, 6) is 3.31. The summed E-state index contributed by atoms with van der Waals surface area (Å²) in [5.41, 5.74) is 15.7. The molecule has 6 heteroatoms. The molecule has 0 aromatic heterocycles. The van der Waals surface area contributed by atoms with Crippen molar-refractivity contribution in [3.8, 4) is 17.2 Å². The van der Waals surface area contributed by atoms with Gasteiger partial charge in [-0.2, -0.15) is 0 Å². The van der Waals surface area contributed by atoms with Crippen molar-refractivity contribution in [1.82, 2.24) is 0 Å². The van der Waals surface area contributed by atoms with Crippen LogP contribution in [0.25, 0.3) is 0 Å². The first kappa shape index (κ1) is 23.6. The molecule has 2 saturated carbocycles. The Morgan fingerprint density at radius 1 is 0.865 bits per heavy atom. The van der Waals surface area contributed by atoms with E-state index in [9.17, 15) is 9.59 Å². The fourth-order valence-corrected chi connectivity index (χ4v) is 7.06. The number of ketones is 1. The van der Waals surface area contributed by atoms with Gasteiger partial charge in [0.05, 0.1) is 5.56 Å². The molecule has 6 nitrogen and oxygen atoms in total. The minimum atomic E-state index is -0.411. The number of nitrogens with two attached hydrogens (primary N) is 2. The van der Waals surface area contributed by atoms with Crippen molar-refractivity contribution in [2.24, 2.45) is 17.3 Å². The lowest BCUT2D eigenvalue weighted by molar-refractivity contribution is -0.129. The van der Waals surface area contributed by atoms with Crippen LogP contribution in [0.4, 0.5) is 11.4 Å². The summed E-state index contributed by atoms with van der Waals surface area (Å²) in [6.45, 7) is 2.20. The third-order valence-corrected chi connectivity index (χ3v) is 8.89. The molecule has 4 atom stereocenters. The van der Waals surface area contributed by atoms with Crippen LogP contribution < -0.4 is 20.9 Å². The first-order valence-electron chi connectivity index (χ1n) is 13.1. The molecule has 0 spiro atoms. The number of Topliss-reactive ketones (excluding diaryl/α,β-unsaturated/α-hetero) is 1. The third kappa shape index (κ3) is 4.24. The van der Waals surface area contributed by atoms with E-state index in [1.807, 2.05) is 12.1 Å². The molecule has 4 N–H and O–H groups in total. The second-order valence-electron chi connectivity index (χ2n) is 11.0. The maximum absolute atomic E-state index is 12.8. The quantitative estimate of drug-likeness (QED) is 0.250. The summed E-state index contributed by atoms with van der Waals surface area (Å²) in [4.78, 5) is 25.4. The maximum atomic E-state index is 12.8. The topological polar surface area (TPSA) is 105 Å². The molecule has 37 heavy (non-hydrogen) atoms. The predicted molar refractivity (Wildman–Crippen MR) is 143 cm³/mol. The molecular weight excluding hydrogens is 464 g/mol. The van der Waals surface area contributed by atoms with E-state index in [4.69, 9.17) is 20.9 Å². The van der Waals surface area contributed by atoms with E-state index < -0.39 is 5.97 Å². The molecule has 3 aliphatic carbocycles. The number of ether oxygens (including phenoxy) is 2. The van der Waals surface area contributed by atoms with Crippen LogP contribution in [-0.4, -0.2) is 11.8 Å². The van der Waals surface area contributed by atoms with Crippen molar-refractivity contribution in [2.75, 3.05) is 11.5 Å². The fourth-order valence-electron chi connectivity index (χ4n) is 7.06. The monoisotopic (exact) mass is 496 g/mol. The van der Waals surface area contributed by atoms with E-state index in [2.05, 4.69) is 13.0 Å². The first-order chi connectivity index (χ1) is 17.8. The minimum Gasteiger partial charge on any atom is -0.457 e. The van der Waals surface area contributed by atoms with E-state index >= 15 is 0 Å². The third-order valence-electron chi connectivity index (χ3n) is 8.89. The SMILES string of the molecule is CC12CCC3c4ccc(OC(=O)c5ccc(Oc6cc(N)cc(N)c6)cc5)cc4CCC3C1CCC2=O. The molecule has 3 aromatic rings. The van der Waals surface area contributed by atoms with Crippen LogP contribution in [0, 0.1) is 17.3 Å². The molecule has 0 amide bonds. The Kier molecular flexibility index (Phi) is 5.70. The lowest BCUT2D eigenvalue weighted by Gasteiger charge is -2.48. The number of carbonyl (C=O) groups excluding carboxylic acids is 2. The van der Waals surface area contributed by atoms with Gasteiger partial charge in [0.2, 0.25) is 0 Å². The average Bonchev–Trinajstić information content (AvgIpc) is 3.18. The smallest absolute Gasteiger partial charge is 0.343 e. The normalized spacial score (nSPS) is 26.1. The summed E-state index contributed by atoms with van der Waals surface area (Å²) in [6.07, 6.45) is 5.89. The number of benzene rings is 3. The molecule has 2 fully saturated rings. The molecule has 0 heterocycles. The second kappa shape index (κ2) is 8.94. The van der Waals surface area contributed by atoms with Gasteiger partial charge in [0.1, 0.15) is 23.0 Å². The number of aryl methyl sites for hydroxylation is 1. The summed E-state index contributed by atoms with van der Waals surface area (Å²) in [5, 5.41) is 0. The van der Waals surface area contributed by atoms with E-state index in [0.29, 0.717) is 57.7 Å². The first-order valence-corrected chi connectivity index (χ1v) is 13.1. The minimum absolute atomic E-state index is 0.115.